The molecule has 7 heteroatoms. The maximum absolute atomic E-state index is 12.7. The van der Waals surface area contributed by atoms with E-state index in [2.05, 4.69) is 20.8 Å². The van der Waals surface area contributed by atoms with E-state index in [0.29, 0.717) is 22.3 Å². The largest absolute Gasteiger partial charge is 0.398 e. The van der Waals surface area contributed by atoms with Crippen LogP contribution in [0.25, 0.3) is 0 Å². The topological polar surface area (TPSA) is 66.6 Å². The van der Waals surface area contributed by atoms with E-state index in [1.165, 1.54) is 17.1 Å². The van der Waals surface area contributed by atoms with E-state index in [9.17, 15) is 8.42 Å². The van der Waals surface area contributed by atoms with E-state index in [4.69, 9.17) is 5.73 Å². The highest BCUT2D eigenvalue weighted by atomic mass is 79.9. The zero-order chi connectivity index (χ0) is 15.6. The third-order valence-corrected chi connectivity index (χ3v) is 6.42. The van der Waals surface area contributed by atoms with Crippen molar-refractivity contribution in [2.75, 3.05) is 39.0 Å². The summed E-state index contributed by atoms with van der Waals surface area (Å²) < 4.78 is 27.5. The predicted molar refractivity (Wildman–Crippen MR) is 88.8 cm³/mol. The number of likely N-dealkylation sites (tertiary alicyclic amines) is 1. The number of nitrogens with two attached hydrogens (primary N) is 1. The molecule has 1 fully saturated rings. The zero-order valence-corrected chi connectivity index (χ0v) is 14.9. The Morgan fingerprint density at radius 2 is 1.95 bits per heavy atom. The van der Waals surface area contributed by atoms with Crippen molar-refractivity contribution in [1.82, 2.24) is 9.21 Å². The van der Waals surface area contributed by atoms with Gasteiger partial charge in [-0.3, -0.25) is 0 Å². The standard InChI is InChI=1S/C14H22BrN3O2S/c1-11-13(16)9-12(15)10-14(11)21(19,20)17(2)7-8-18-5-3-4-6-18/h9-10H,3-8,16H2,1-2H3. The number of rotatable bonds is 5. The smallest absolute Gasteiger partial charge is 0.243 e. The van der Waals surface area contributed by atoms with Crippen LogP contribution < -0.4 is 5.73 Å². The van der Waals surface area contributed by atoms with E-state index in [0.717, 1.165) is 19.6 Å². The van der Waals surface area contributed by atoms with Crippen molar-refractivity contribution in [3.8, 4) is 0 Å². The van der Waals surface area contributed by atoms with Gasteiger partial charge in [0.2, 0.25) is 10.0 Å². The Morgan fingerprint density at radius 3 is 2.57 bits per heavy atom. The van der Waals surface area contributed by atoms with Gasteiger partial charge in [0.05, 0.1) is 4.90 Å². The van der Waals surface area contributed by atoms with Crippen LogP contribution in [-0.2, 0) is 10.0 Å². The lowest BCUT2D eigenvalue weighted by atomic mass is 10.2. The molecule has 1 saturated heterocycles. The molecule has 0 unspecified atom stereocenters. The molecule has 21 heavy (non-hydrogen) atoms. The second kappa shape index (κ2) is 6.64. The minimum atomic E-state index is -3.51. The number of sulfonamides is 1. The zero-order valence-electron chi connectivity index (χ0n) is 12.5. The molecule has 1 aliphatic heterocycles. The van der Waals surface area contributed by atoms with E-state index in [-0.39, 0.29) is 4.90 Å². The molecule has 1 heterocycles. The lowest BCUT2D eigenvalue weighted by Gasteiger charge is -2.22. The first kappa shape index (κ1) is 16.7. The number of hydrogen-bond donors (Lipinski definition) is 1. The maximum atomic E-state index is 12.7. The molecule has 0 saturated carbocycles. The first-order valence-electron chi connectivity index (χ1n) is 7.06. The summed E-state index contributed by atoms with van der Waals surface area (Å²) in [5.41, 5.74) is 6.96. The van der Waals surface area contributed by atoms with Gasteiger partial charge in [-0.2, -0.15) is 4.31 Å². The van der Waals surface area contributed by atoms with Crippen LogP contribution in [0.2, 0.25) is 0 Å². The van der Waals surface area contributed by atoms with Crippen LogP contribution in [-0.4, -0.2) is 50.8 Å². The van der Waals surface area contributed by atoms with Crippen molar-refractivity contribution in [2.24, 2.45) is 0 Å². The summed E-state index contributed by atoms with van der Waals surface area (Å²) in [5.74, 6) is 0. The summed E-state index contributed by atoms with van der Waals surface area (Å²) in [5, 5.41) is 0. The van der Waals surface area contributed by atoms with E-state index < -0.39 is 10.0 Å². The normalized spacial score (nSPS) is 16.8. The van der Waals surface area contributed by atoms with Crippen molar-refractivity contribution in [1.29, 1.82) is 0 Å². The molecule has 0 atom stereocenters. The van der Waals surface area contributed by atoms with Gasteiger partial charge in [0.25, 0.3) is 0 Å². The first-order valence-corrected chi connectivity index (χ1v) is 9.30. The fraction of sp³-hybridized carbons (Fsp3) is 0.571. The van der Waals surface area contributed by atoms with Gasteiger partial charge in [0.1, 0.15) is 0 Å². The van der Waals surface area contributed by atoms with Gasteiger partial charge in [0.15, 0.2) is 0 Å². The third-order valence-electron chi connectivity index (χ3n) is 3.98. The molecule has 0 bridgehead atoms. The van der Waals surface area contributed by atoms with Gasteiger partial charge < -0.3 is 10.6 Å². The number of benzene rings is 1. The van der Waals surface area contributed by atoms with Gasteiger partial charge in [0, 0.05) is 30.3 Å². The fourth-order valence-corrected chi connectivity index (χ4v) is 4.58. The summed E-state index contributed by atoms with van der Waals surface area (Å²) in [7, 11) is -1.88. The highest BCUT2D eigenvalue weighted by Gasteiger charge is 2.25. The summed E-state index contributed by atoms with van der Waals surface area (Å²) >= 11 is 3.31. The maximum Gasteiger partial charge on any atom is 0.243 e. The molecule has 0 aliphatic carbocycles. The summed E-state index contributed by atoms with van der Waals surface area (Å²) in [6, 6.07) is 3.34. The van der Waals surface area contributed by atoms with Crippen LogP contribution in [0.15, 0.2) is 21.5 Å². The average Bonchev–Trinajstić information content (AvgIpc) is 2.93. The highest BCUT2D eigenvalue weighted by molar-refractivity contribution is 9.10. The Hall–Kier alpha value is -0.630. The molecule has 2 rings (SSSR count). The summed E-state index contributed by atoms with van der Waals surface area (Å²) in [4.78, 5) is 2.58. The van der Waals surface area contributed by atoms with Crippen molar-refractivity contribution in [2.45, 2.75) is 24.7 Å². The Bertz CT molecular complexity index is 613. The van der Waals surface area contributed by atoms with Gasteiger partial charge >= 0.3 is 0 Å². The Balaban J connectivity index is 2.16. The number of nitrogen functional groups attached to an aromatic ring is 1. The number of hydrogen-bond acceptors (Lipinski definition) is 4. The molecule has 118 valence electrons. The third kappa shape index (κ3) is 3.77. The number of halogens is 1. The van der Waals surface area contributed by atoms with E-state index >= 15 is 0 Å². The molecule has 0 radical (unpaired) electrons. The molecule has 1 aromatic rings. The molecule has 5 nitrogen and oxygen atoms in total. The molecular formula is C14H22BrN3O2S. The molecule has 0 aromatic heterocycles. The lowest BCUT2D eigenvalue weighted by molar-refractivity contribution is 0.310. The number of nitrogens with zero attached hydrogens (tertiary/aromatic N) is 2. The van der Waals surface area contributed by atoms with Crippen LogP contribution in [0, 0.1) is 6.92 Å². The Kier molecular flexibility index (Phi) is 5.29. The molecular weight excluding hydrogens is 354 g/mol. The molecule has 1 aliphatic rings. The quantitative estimate of drug-likeness (QED) is 0.799. The molecule has 0 amide bonds. The highest BCUT2D eigenvalue weighted by Crippen LogP contribution is 2.28. The van der Waals surface area contributed by atoms with Crippen molar-refractivity contribution in [3.05, 3.63) is 22.2 Å². The first-order chi connectivity index (χ1) is 9.82. The second-order valence-corrected chi connectivity index (χ2v) is 8.42. The van der Waals surface area contributed by atoms with Crippen molar-refractivity contribution in [3.63, 3.8) is 0 Å². The van der Waals surface area contributed by atoms with Gasteiger partial charge in [-0.05, 0) is 50.6 Å². The van der Waals surface area contributed by atoms with Crippen LogP contribution in [0.1, 0.15) is 18.4 Å². The fourth-order valence-electron chi connectivity index (χ4n) is 2.52. The minimum Gasteiger partial charge on any atom is -0.398 e. The summed E-state index contributed by atoms with van der Waals surface area (Å²) in [6.07, 6.45) is 2.41. The monoisotopic (exact) mass is 375 g/mol. The number of likely N-dealkylation sites (N-methyl/N-ethyl adjacent to an activating group) is 1. The Morgan fingerprint density at radius 1 is 1.33 bits per heavy atom. The van der Waals surface area contributed by atoms with Crippen molar-refractivity contribution < 1.29 is 8.42 Å². The van der Waals surface area contributed by atoms with Gasteiger partial charge in [-0.1, -0.05) is 15.9 Å². The molecule has 0 spiro atoms. The van der Waals surface area contributed by atoms with E-state index in [1.807, 2.05) is 0 Å². The van der Waals surface area contributed by atoms with Crippen LogP contribution in [0.3, 0.4) is 0 Å². The van der Waals surface area contributed by atoms with Crippen LogP contribution in [0.4, 0.5) is 5.69 Å². The van der Waals surface area contributed by atoms with E-state index in [1.54, 1.807) is 26.1 Å². The second-order valence-electron chi connectivity index (χ2n) is 5.49. The average molecular weight is 376 g/mol. The molecule has 2 N–H and O–H groups in total. The molecule has 1 aromatic carbocycles. The van der Waals surface area contributed by atoms with Crippen LogP contribution in [0.5, 0.6) is 0 Å². The van der Waals surface area contributed by atoms with Gasteiger partial charge in [-0.15, -0.1) is 0 Å². The van der Waals surface area contributed by atoms with Gasteiger partial charge in [-0.25, -0.2) is 8.42 Å². The van der Waals surface area contributed by atoms with Crippen molar-refractivity contribution >= 4 is 31.6 Å². The predicted octanol–water partition coefficient (Wildman–Crippen LogP) is 2.06. The SMILES string of the molecule is Cc1c(N)cc(Br)cc1S(=O)(=O)N(C)CCN1CCCC1. The summed E-state index contributed by atoms with van der Waals surface area (Å²) in [6.45, 7) is 5.14. The number of anilines is 1. The van der Waals surface area contributed by atoms with Crippen LogP contribution >= 0.6 is 15.9 Å². The Labute approximate surface area is 135 Å². The lowest BCUT2D eigenvalue weighted by Crippen LogP contribution is -2.35. The minimum absolute atomic E-state index is 0.276.